The van der Waals surface area contributed by atoms with E-state index >= 15 is 0 Å². The van der Waals surface area contributed by atoms with Crippen LogP contribution in [0.4, 0.5) is 5.69 Å². The number of hydrogen-bond acceptors (Lipinski definition) is 6. The Labute approximate surface area is 178 Å². The summed E-state index contributed by atoms with van der Waals surface area (Å²) >= 11 is 0. The lowest BCUT2D eigenvalue weighted by Crippen LogP contribution is -2.32. The standard InChI is InChI=1S/C22H23N5O4/c28-21(16-7-9-17(10-8-16)27(30)31)23-15-20-18-5-1-2-6-19(18)22(29)26(24-20)14-13-25-11-3-4-12-25/h1-2,5-10H,3-4,11-15H2,(H,23,28). The molecule has 1 saturated heterocycles. The summed E-state index contributed by atoms with van der Waals surface area (Å²) in [6, 6.07) is 12.6. The summed E-state index contributed by atoms with van der Waals surface area (Å²) in [4.78, 5) is 38.0. The molecule has 0 atom stereocenters. The van der Waals surface area contributed by atoms with Gasteiger partial charge in [0.15, 0.2) is 0 Å². The Kier molecular flexibility index (Phi) is 6.03. The number of rotatable bonds is 7. The molecule has 31 heavy (non-hydrogen) atoms. The number of nitrogens with one attached hydrogen (secondary N) is 1. The number of likely N-dealkylation sites (tertiary alicyclic amines) is 1. The SMILES string of the molecule is O=C(NCc1nn(CCN2CCCC2)c(=O)c2ccccc12)c1ccc([N+](=O)[O-])cc1. The maximum atomic E-state index is 12.9. The number of amides is 1. The molecule has 1 aliphatic heterocycles. The highest BCUT2D eigenvalue weighted by Crippen LogP contribution is 2.15. The summed E-state index contributed by atoms with van der Waals surface area (Å²) < 4.78 is 1.48. The summed E-state index contributed by atoms with van der Waals surface area (Å²) in [7, 11) is 0. The zero-order chi connectivity index (χ0) is 21.8. The van der Waals surface area contributed by atoms with Crippen LogP contribution in [0.2, 0.25) is 0 Å². The summed E-state index contributed by atoms with van der Waals surface area (Å²) in [5.74, 6) is -0.365. The van der Waals surface area contributed by atoms with Gasteiger partial charge in [0.25, 0.3) is 17.2 Å². The molecule has 0 aliphatic carbocycles. The molecule has 0 spiro atoms. The third kappa shape index (κ3) is 4.61. The van der Waals surface area contributed by atoms with E-state index in [-0.39, 0.29) is 23.7 Å². The number of hydrogen-bond donors (Lipinski definition) is 1. The highest BCUT2D eigenvalue weighted by Gasteiger charge is 2.15. The predicted octanol–water partition coefficient (Wildman–Crippen LogP) is 2.33. The van der Waals surface area contributed by atoms with Gasteiger partial charge in [-0.05, 0) is 44.1 Å². The minimum atomic E-state index is -0.511. The van der Waals surface area contributed by atoms with Crippen molar-refractivity contribution in [1.82, 2.24) is 20.0 Å². The average Bonchev–Trinajstić information content (AvgIpc) is 3.31. The Morgan fingerprint density at radius 3 is 2.39 bits per heavy atom. The molecule has 0 radical (unpaired) electrons. The number of benzene rings is 2. The Hall–Kier alpha value is -3.59. The highest BCUT2D eigenvalue weighted by molar-refractivity contribution is 5.94. The topological polar surface area (TPSA) is 110 Å². The number of nitrogens with zero attached hydrogens (tertiary/aromatic N) is 4. The molecule has 160 valence electrons. The third-order valence-electron chi connectivity index (χ3n) is 5.53. The van der Waals surface area contributed by atoms with Crippen molar-refractivity contribution < 1.29 is 9.72 Å². The van der Waals surface area contributed by atoms with E-state index in [9.17, 15) is 19.7 Å². The normalized spacial score (nSPS) is 14.1. The van der Waals surface area contributed by atoms with E-state index in [2.05, 4.69) is 15.3 Å². The molecule has 0 saturated carbocycles. The number of carbonyl (C=O) groups excluding carboxylic acids is 1. The maximum absolute atomic E-state index is 12.9. The molecule has 1 amide bonds. The molecule has 2 heterocycles. The fraction of sp³-hybridized carbons (Fsp3) is 0.318. The van der Waals surface area contributed by atoms with Gasteiger partial charge in [-0.25, -0.2) is 4.68 Å². The van der Waals surface area contributed by atoms with Crippen LogP contribution in [0.1, 0.15) is 28.9 Å². The van der Waals surface area contributed by atoms with Gasteiger partial charge in [0.05, 0.1) is 29.1 Å². The van der Waals surface area contributed by atoms with E-state index < -0.39 is 4.92 Å². The first-order valence-corrected chi connectivity index (χ1v) is 10.3. The van der Waals surface area contributed by atoms with Gasteiger partial charge in [0.1, 0.15) is 0 Å². The second-order valence-electron chi connectivity index (χ2n) is 7.56. The second-order valence-corrected chi connectivity index (χ2v) is 7.56. The maximum Gasteiger partial charge on any atom is 0.274 e. The van der Waals surface area contributed by atoms with E-state index in [1.165, 1.54) is 41.8 Å². The molecule has 0 bridgehead atoms. The van der Waals surface area contributed by atoms with E-state index in [0.717, 1.165) is 19.6 Å². The van der Waals surface area contributed by atoms with Crippen LogP contribution in [0.25, 0.3) is 10.8 Å². The van der Waals surface area contributed by atoms with Crippen molar-refractivity contribution in [1.29, 1.82) is 0 Å². The molecule has 1 aliphatic rings. The quantitative estimate of drug-likeness (QED) is 0.463. The third-order valence-corrected chi connectivity index (χ3v) is 5.53. The van der Waals surface area contributed by atoms with E-state index in [0.29, 0.717) is 28.6 Å². The van der Waals surface area contributed by atoms with E-state index in [4.69, 9.17) is 0 Å². The molecule has 4 rings (SSSR count). The average molecular weight is 421 g/mol. The first-order chi connectivity index (χ1) is 15.0. The van der Waals surface area contributed by atoms with Crippen LogP contribution in [0.15, 0.2) is 53.3 Å². The number of aromatic nitrogens is 2. The van der Waals surface area contributed by atoms with Crippen molar-refractivity contribution >= 4 is 22.4 Å². The van der Waals surface area contributed by atoms with Crippen LogP contribution in [0.3, 0.4) is 0 Å². The van der Waals surface area contributed by atoms with Crippen LogP contribution in [-0.4, -0.2) is 45.1 Å². The predicted molar refractivity (Wildman–Crippen MR) is 116 cm³/mol. The minimum absolute atomic E-state index is 0.0747. The van der Waals surface area contributed by atoms with Gasteiger partial charge < -0.3 is 10.2 Å². The first kappa shape index (κ1) is 20.7. The number of fused-ring (bicyclic) bond motifs is 1. The Balaban J connectivity index is 1.54. The smallest absolute Gasteiger partial charge is 0.274 e. The molecule has 2 aromatic carbocycles. The summed E-state index contributed by atoms with van der Waals surface area (Å²) in [6.07, 6.45) is 2.36. The zero-order valence-electron chi connectivity index (χ0n) is 17.0. The zero-order valence-corrected chi connectivity index (χ0v) is 17.0. The number of nitro benzene ring substituents is 1. The Morgan fingerprint density at radius 2 is 1.71 bits per heavy atom. The van der Waals surface area contributed by atoms with Crippen LogP contribution >= 0.6 is 0 Å². The fourth-order valence-electron chi connectivity index (χ4n) is 3.83. The number of non-ortho nitro benzene ring substituents is 1. The van der Waals surface area contributed by atoms with Crippen molar-refractivity contribution in [3.63, 3.8) is 0 Å². The summed E-state index contributed by atoms with van der Waals surface area (Å²) in [5.41, 5.74) is 0.707. The van der Waals surface area contributed by atoms with Crippen LogP contribution in [-0.2, 0) is 13.1 Å². The molecule has 0 unspecified atom stereocenters. The van der Waals surface area contributed by atoms with Crippen LogP contribution < -0.4 is 10.9 Å². The van der Waals surface area contributed by atoms with Crippen molar-refractivity contribution in [3.8, 4) is 0 Å². The fourth-order valence-corrected chi connectivity index (χ4v) is 3.83. The molecule has 1 fully saturated rings. The molecule has 9 nitrogen and oxygen atoms in total. The van der Waals surface area contributed by atoms with Gasteiger partial charge in [-0.15, -0.1) is 0 Å². The summed E-state index contributed by atoms with van der Waals surface area (Å²) in [5, 5.41) is 19.4. The number of carbonyl (C=O) groups is 1. The molecule has 1 N–H and O–H groups in total. The van der Waals surface area contributed by atoms with E-state index in [1.807, 2.05) is 18.2 Å². The lowest BCUT2D eigenvalue weighted by atomic mass is 10.1. The second kappa shape index (κ2) is 9.05. The van der Waals surface area contributed by atoms with Crippen molar-refractivity contribution in [2.24, 2.45) is 0 Å². The molecule has 9 heteroatoms. The monoisotopic (exact) mass is 421 g/mol. The molecule has 3 aromatic rings. The lowest BCUT2D eigenvalue weighted by molar-refractivity contribution is -0.384. The van der Waals surface area contributed by atoms with Gasteiger partial charge in [0, 0.05) is 29.6 Å². The Bertz CT molecular complexity index is 1170. The summed E-state index contributed by atoms with van der Waals surface area (Å²) in [6.45, 7) is 3.48. The Morgan fingerprint density at radius 1 is 1.03 bits per heavy atom. The van der Waals surface area contributed by atoms with Crippen LogP contribution in [0.5, 0.6) is 0 Å². The largest absolute Gasteiger partial charge is 0.346 e. The molecular formula is C22H23N5O4. The van der Waals surface area contributed by atoms with Gasteiger partial charge in [-0.1, -0.05) is 18.2 Å². The van der Waals surface area contributed by atoms with Crippen molar-refractivity contribution in [2.45, 2.75) is 25.9 Å². The van der Waals surface area contributed by atoms with Gasteiger partial charge in [-0.2, -0.15) is 5.10 Å². The van der Waals surface area contributed by atoms with E-state index in [1.54, 1.807) is 6.07 Å². The minimum Gasteiger partial charge on any atom is -0.346 e. The highest BCUT2D eigenvalue weighted by atomic mass is 16.6. The van der Waals surface area contributed by atoms with Crippen molar-refractivity contribution in [3.05, 3.63) is 80.3 Å². The number of nitro groups is 1. The van der Waals surface area contributed by atoms with Crippen LogP contribution in [0, 0.1) is 10.1 Å². The molecular weight excluding hydrogens is 398 g/mol. The van der Waals surface area contributed by atoms with Gasteiger partial charge in [-0.3, -0.25) is 19.7 Å². The van der Waals surface area contributed by atoms with Gasteiger partial charge >= 0.3 is 0 Å². The molecule has 1 aromatic heterocycles. The lowest BCUT2D eigenvalue weighted by Gasteiger charge is -2.16. The van der Waals surface area contributed by atoms with Gasteiger partial charge in [0.2, 0.25) is 0 Å². The first-order valence-electron chi connectivity index (χ1n) is 10.3. The van der Waals surface area contributed by atoms with Crippen molar-refractivity contribution in [2.75, 3.05) is 19.6 Å².